The van der Waals surface area contributed by atoms with Crippen LogP contribution in [0.2, 0.25) is 0 Å². The maximum atomic E-state index is 13.4. The minimum absolute atomic E-state index is 0.0464. The SMILES string of the molecule is CCNC(=O)N1C[C@@H]2COC[C@]2(C(=O)N2CC=C(c3ccc(F)cc3)CC2)C1. The van der Waals surface area contributed by atoms with E-state index in [1.54, 1.807) is 17.0 Å². The lowest BCUT2D eigenvalue weighted by Gasteiger charge is -2.35. The largest absolute Gasteiger partial charge is 0.380 e. The standard InChI is InChI=1S/C21H26FN3O3/c1-2-23-20(27)25-11-17-12-28-14-21(17,13-25)19(26)24-9-7-16(8-10-24)15-3-5-18(22)6-4-15/h3-7,17H,2,8-14H2,1H3,(H,23,27)/t17-,21-/m1/s1. The van der Waals surface area contributed by atoms with E-state index in [-0.39, 0.29) is 23.7 Å². The van der Waals surface area contributed by atoms with Crippen molar-refractivity contribution in [3.63, 3.8) is 0 Å². The van der Waals surface area contributed by atoms with Gasteiger partial charge < -0.3 is 19.9 Å². The molecule has 2 fully saturated rings. The highest BCUT2D eigenvalue weighted by Crippen LogP contribution is 2.43. The number of amides is 3. The van der Waals surface area contributed by atoms with Crippen LogP contribution < -0.4 is 5.32 Å². The molecule has 3 aliphatic heterocycles. The Bertz CT molecular complexity index is 795. The number of nitrogens with one attached hydrogen (secondary N) is 1. The number of nitrogens with zero attached hydrogens (tertiary/aromatic N) is 2. The van der Waals surface area contributed by atoms with E-state index in [0.29, 0.717) is 45.9 Å². The van der Waals surface area contributed by atoms with E-state index in [4.69, 9.17) is 4.74 Å². The van der Waals surface area contributed by atoms with Crippen molar-refractivity contribution in [2.75, 3.05) is 45.9 Å². The van der Waals surface area contributed by atoms with Crippen LogP contribution in [0, 0.1) is 17.2 Å². The normalized spacial score (nSPS) is 26.8. The summed E-state index contributed by atoms with van der Waals surface area (Å²) >= 11 is 0. The highest BCUT2D eigenvalue weighted by atomic mass is 19.1. The maximum Gasteiger partial charge on any atom is 0.317 e. The number of urea groups is 1. The van der Waals surface area contributed by atoms with Crippen molar-refractivity contribution in [1.82, 2.24) is 15.1 Å². The average molecular weight is 387 g/mol. The van der Waals surface area contributed by atoms with Crippen LogP contribution >= 0.6 is 0 Å². The predicted octanol–water partition coefficient (Wildman–Crippen LogP) is 2.12. The summed E-state index contributed by atoms with van der Waals surface area (Å²) in [6.45, 7) is 5.47. The zero-order valence-electron chi connectivity index (χ0n) is 16.1. The maximum absolute atomic E-state index is 13.4. The number of fused-ring (bicyclic) bond motifs is 1. The Hall–Kier alpha value is -2.41. The monoisotopic (exact) mass is 387 g/mol. The Balaban J connectivity index is 1.47. The second-order valence-corrected chi connectivity index (χ2v) is 7.82. The number of benzene rings is 1. The molecule has 28 heavy (non-hydrogen) atoms. The van der Waals surface area contributed by atoms with Crippen molar-refractivity contribution in [3.05, 3.63) is 41.7 Å². The number of carbonyl (C=O) groups is 2. The number of halogens is 1. The lowest BCUT2D eigenvalue weighted by Crippen LogP contribution is -2.50. The van der Waals surface area contributed by atoms with E-state index in [2.05, 4.69) is 5.32 Å². The predicted molar refractivity (Wildman–Crippen MR) is 103 cm³/mol. The fourth-order valence-corrected chi connectivity index (χ4v) is 4.55. The van der Waals surface area contributed by atoms with Gasteiger partial charge in [0.2, 0.25) is 5.91 Å². The Morgan fingerprint density at radius 2 is 2.07 bits per heavy atom. The van der Waals surface area contributed by atoms with Crippen LogP contribution in [0.25, 0.3) is 5.57 Å². The first-order valence-corrected chi connectivity index (χ1v) is 9.88. The molecule has 3 amide bonds. The third-order valence-corrected chi connectivity index (χ3v) is 6.13. The van der Waals surface area contributed by atoms with Gasteiger partial charge in [-0.05, 0) is 36.6 Å². The summed E-state index contributed by atoms with van der Waals surface area (Å²) < 4.78 is 18.8. The summed E-state index contributed by atoms with van der Waals surface area (Å²) in [7, 11) is 0. The van der Waals surface area contributed by atoms with Gasteiger partial charge in [0, 0.05) is 38.6 Å². The first kappa shape index (κ1) is 18.9. The summed E-state index contributed by atoms with van der Waals surface area (Å²) in [5.41, 5.74) is 1.50. The zero-order valence-corrected chi connectivity index (χ0v) is 16.1. The molecule has 2 saturated heterocycles. The highest BCUT2D eigenvalue weighted by Gasteiger charge is 2.57. The van der Waals surface area contributed by atoms with Gasteiger partial charge in [0.25, 0.3) is 0 Å². The van der Waals surface area contributed by atoms with Crippen molar-refractivity contribution in [3.8, 4) is 0 Å². The van der Waals surface area contributed by atoms with Gasteiger partial charge >= 0.3 is 6.03 Å². The van der Waals surface area contributed by atoms with Crippen molar-refractivity contribution in [1.29, 1.82) is 0 Å². The van der Waals surface area contributed by atoms with E-state index in [1.807, 2.05) is 17.9 Å². The molecule has 6 nitrogen and oxygen atoms in total. The third-order valence-electron chi connectivity index (χ3n) is 6.13. The molecule has 3 heterocycles. The smallest absolute Gasteiger partial charge is 0.317 e. The van der Waals surface area contributed by atoms with Gasteiger partial charge in [-0.3, -0.25) is 4.79 Å². The van der Waals surface area contributed by atoms with Gasteiger partial charge in [0.05, 0.1) is 18.6 Å². The summed E-state index contributed by atoms with van der Waals surface area (Å²) in [4.78, 5) is 29.3. The van der Waals surface area contributed by atoms with E-state index >= 15 is 0 Å². The van der Waals surface area contributed by atoms with Crippen molar-refractivity contribution in [2.24, 2.45) is 11.3 Å². The molecule has 7 heteroatoms. The second kappa shape index (κ2) is 7.54. The van der Waals surface area contributed by atoms with Crippen molar-refractivity contribution >= 4 is 17.5 Å². The molecule has 0 radical (unpaired) electrons. The molecule has 3 aliphatic rings. The second-order valence-electron chi connectivity index (χ2n) is 7.82. The van der Waals surface area contributed by atoms with Crippen LogP contribution in [-0.4, -0.2) is 67.7 Å². The molecule has 0 saturated carbocycles. The summed E-state index contributed by atoms with van der Waals surface area (Å²) in [5, 5.41) is 2.83. The molecule has 2 atom stereocenters. The van der Waals surface area contributed by atoms with Crippen LogP contribution in [0.3, 0.4) is 0 Å². The van der Waals surface area contributed by atoms with Gasteiger partial charge in [-0.2, -0.15) is 0 Å². The van der Waals surface area contributed by atoms with Crippen LogP contribution in [0.1, 0.15) is 18.9 Å². The van der Waals surface area contributed by atoms with Crippen molar-refractivity contribution < 1.29 is 18.7 Å². The summed E-state index contributed by atoms with van der Waals surface area (Å²) in [6, 6.07) is 6.36. The number of hydrogen-bond acceptors (Lipinski definition) is 3. The molecule has 1 aromatic carbocycles. The van der Waals surface area contributed by atoms with Crippen LogP contribution in [0.4, 0.5) is 9.18 Å². The highest BCUT2D eigenvalue weighted by molar-refractivity contribution is 5.87. The minimum Gasteiger partial charge on any atom is -0.380 e. The molecular formula is C21H26FN3O3. The lowest BCUT2D eigenvalue weighted by atomic mass is 9.79. The van der Waals surface area contributed by atoms with E-state index in [9.17, 15) is 14.0 Å². The van der Waals surface area contributed by atoms with Gasteiger partial charge in [0.1, 0.15) is 5.82 Å². The molecular weight excluding hydrogens is 361 g/mol. The molecule has 4 rings (SSSR count). The number of ether oxygens (including phenoxy) is 1. The van der Waals surface area contributed by atoms with Crippen LogP contribution in [0.5, 0.6) is 0 Å². The summed E-state index contributed by atoms with van der Waals surface area (Å²) in [6.07, 6.45) is 2.78. The van der Waals surface area contributed by atoms with E-state index in [1.165, 1.54) is 12.1 Å². The van der Waals surface area contributed by atoms with E-state index in [0.717, 1.165) is 17.6 Å². The first-order chi connectivity index (χ1) is 13.5. The molecule has 0 aromatic heterocycles. The lowest BCUT2D eigenvalue weighted by molar-refractivity contribution is -0.142. The molecule has 0 aliphatic carbocycles. The Morgan fingerprint density at radius 3 is 2.75 bits per heavy atom. The Kier molecular flexibility index (Phi) is 5.10. The number of rotatable bonds is 3. The topological polar surface area (TPSA) is 61.9 Å². The van der Waals surface area contributed by atoms with Crippen LogP contribution in [-0.2, 0) is 9.53 Å². The Morgan fingerprint density at radius 1 is 1.29 bits per heavy atom. The molecule has 0 spiro atoms. The molecule has 1 N–H and O–H groups in total. The number of carbonyl (C=O) groups excluding carboxylic acids is 2. The number of likely N-dealkylation sites (tertiary alicyclic amines) is 1. The molecule has 0 bridgehead atoms. The fraction of sp³-hybridized carbons (Fsp3) is 0.524. The number of hydrogen-bond donors (Lipinski definition) is 1. The first-order valence-electron chi connectivity index (χ1n) is 9.88. The minimum atomic E-state index is -0.633. The van der Waals surface area contributed by atoms with Crippen molar-refractivity contribution in [2.45, 2.75) is 13.3 Å². The van der Waals surface area contributed by atoms with Gasteiger partial charge in [-0.1, -0.05) is 18.2 Å². The Labute approximate surface area is 164 Å². The zero-order chi connectivity index (χ0) is 19.7. The van der Waals surface area contributed by atoms with Gasteiger partial charge in [0.15, 0.2) is 0 Å². The average Bonchev–Trinajstić information content (AvgIpc) is 3.27. The van der Waals surface area contributed by atoms with Gasteiger partial charge in [-0.15, -0.1) is 0 Å². The van der Waals surface area contributed by atoms with Gasteiger partial charge in [-0.25, -0.2) is 9.18 Å². The fourth-order valence-electron chi connectivity index (χ4n) is 4.55. The van der Waals surface area contributed by atoms with Crippen LogP contribution in [0.15, 0.2) is 30.3 Å². The van der Waals surface area contributed by atoms with E-state index < -0.39 is 5.41 Å². The quantitative estimate of drug-likeness (QED) is 0.864. The molecule has 1 aromatic rings. The molecule has 150 valence electrons. The summed E-state index contributed by atoms with van der Waals surface area (Å²) in [5.74, 6) is -0.123. The molecule has 0 unspecified atom stereocenters. The third kappa shape index (κ3) is 3.28.